The molecule has 2 rings (SSSR count). The van der Waals surface area contributed by atoms with Crippen molar-refractivity contribution in [2.24, 2.45) is 5.73 Å². The average molecular weight is 249 g/mol. The lowest BCUT2D eigenvalue weighted by Crippen LogP contribution is -2.36. The Hall–Kier alpha value is -1.26. The molecule has 1 aromatic carbocycles. The number of nitrogens with one attached hydrogen (secondary N) is 1. The first-order valence-electron chi connectivity index (χ1n) is 6.77. The van der Waals surface area contributed by atoms with E-state index >= 15 is 0 Å². The number of hydrogen-bond acceptors (Lipinski definition) is 4. The number of ether oxygens (including phenoxy) is 1. The van der Waals surface area contributed by atoms with Gasteiger partial charge in [0.1, 0.15) is 0 Å². The Kier molecular flexibility index (Phi) is 5.30. The molecule has 0 aromatic heterocycles. The smallest absolute Gasteiger partial charge is 0.0642 e. The van der Waals surface area contributed by atoms with Gasteiger partial charge in [-0.2, -0.15) is 0 Å². The van der Waals surface area contributed by atoms with E-state index < -0.39 is 0 Å². The van der Waals surface area contributed by atoms with E-state index in [0.717, 1.165) is 52.2 Å². The van der Waals surface area contributed by atoms with E-state index in [-0.39, 0.29) is 0 Å². The predicted octanol–water partition coefficient (Wildman–Crippen LogP) is 1.67. The standard InChI is InChI=1S/C14H23N3O/c15-7-3-4-8-16-13-5-1-2-6-14(13)17-9-11-18-12-10-17/h1-2,5-6,16H,3-4,7-12,15H2. The fourth-order valence-corrected chi connectivity index (χ4v) is 2.20. The fourth-order valence-electron chi connectivity index (χ4n) is 2.20. The summed E-state index contributed by atoms with van der Waals surface area (Å²) >= 11 is 0. The molecule has 3 N–H and O–H groups in total. The number of rotatable bonds is 6. The maximum absolute atomic E-state index is 5.50. The third-order valence-electron chi connectivity index (χ3n) is 3.20. The molecule has 4 nitrogen and oxygen atoms in total. The Morgan fingerprint density at radius 1 is 1.17 bits per heavy atom. The molecule has 0 radical (unpaired) electrons. The van der Waals surface area contributed by atoms with E-state index in [1.165, 1.54) is 11.4 Å². The quantitative estimate of drug-likeness (QED) is 0.753. The van der Waals surface area contributed by atoms with Crippen molar-refractivity contribution in [1.82, 2.24) is 0 Å². The Morgan fingerprint density at radius 3 is 2.72 bits per heavy atom. The van der Waals surface area contributed by atoms with Crippen LogP contribution in [0.1, 0.15) is 12.8 Å². The average Bonchev–Trinajstić information content (AvgIpc) is 2.45. The third-order valence-corrected chi connectivity index (χ3v) is 3.20. The van der Waals surface area contributed by atoms with Crippen LogP contribution in [0.25, 0.3) is 0 Å². The van der Waals surface area contributed by atoms with Crippen LogP contribution in [0, 0.1) is 0 Å². The molecule has 0 atom stereocenters. The molecule has 0 spiro atoms. The number of morpholine rings is 1. The van der Waals surface area contributed by atoms with E-state index in [1.807, 2.05) is 0 Å². The maximum Gasteiger partial charge on any atom is 0.0642 e. The van der Waals surface area contributed by atoms with Crippen LogP contribution in [0.3, 0.4) is 0 Å². The summed E-state index contributed by atoms with van der Waals surface area (Å²) in [6, 6.07) is 8.49. The van der Waals surface area contributed by atoms with Gasteiger partial charge < -0.3 is 20.7 Å². The number of unbranched alkanes of at least 4 members (excludes halogenated alkanes) is 1. The van der Waals surface area contributed by atoms with Gasteiger partial charge in [-0.3, -0.25) is 0 Å². The SMILES string of the molecule is NCCCCNc1ccccc1N1CCOCC1. The number of hydrogen-bond donors (Lipinski definition) is 2. The molecule has 1 aliphatic rings. The highest BCUT2D eigenvalue weighted by Gasteiger charge is 2.13. The lowest BCUT2D eigenvalue weighted by molar-refractivity contribution is 0.123. The van der Waals surface area contributed by atoms with E-state index in [9.17, 15) is 0 Å². The summed E-state index contributed by atoms with van der Waals surface area (Å²) in [5, 5.41) is 3.51. The van der Waals surface area contributed by atoms with E-state index in [0.29, 0.717) is 0 Å². The van der Waals surface area contributed by atoms with Crippen LogP contribution < -0.4 is 16.0 Å². The molecule has 1 saturated heterocycles. The summed E-state index contributed by atoms with van der Waals surface area (Å²) in [5.74, 6) is 0. The van der Waals surface area contributed by atoms with Gasteiger partial charge in [-0.25, -0.2) is 0 Å². The van der Waals surface area contributed by atoms with Crippen molar-refractivity contribution >= 4 is 11.4 Å². The van der Waals surface area contributed by atoms with Crippen LogP contribution in [-0.2, 0) is 4.74 Å². The first kappa shape index (κ1) is 13.2. The lowest BCUT2D eigenvalue weighted by Gasteiger charge is -2.30. The zero-order valence-electron chi connectivity index (χ0n) is 10.9. The zero-order valence-corrected chi connectivity index (χ0v) is 10.9. The number of anilines is 2. The summed E-state index contributed by atoms with van der Waals surface area (Å²) in [6.45, 7) is 5.34. The summed E-state index contributed by atoms with van der Waals surface area (Å²) in [7, 11) is 0. The Bertz CT molecular complexity index is 351. The van der Waals surface area contributed by atoms with Crippen molar-refractivity contribution in [2.45, 2.75) is 12.8 Å². The molecule has 0 saturated carbocycles. The summed E-state index contributed by atoms with van der Waals surface area (Å²) in [5.41, 5.74) is 8.01. The van der Waals surface area contributed by atoms with Crippen molar-refractivity contribution in [1.29, 1.82) is 0 Å². The maximum atomic E-state index is 5.50. The van der Waals surface area contributed by atoms with Gasteiger partial charge in [-0.1, -0.05) is 12.1 Å². The molecule has 18 heavy (non-hydrogen) atoms. The highest BCUT2D eigenvalue weighted by molar-refractivity contribution is 5.70. The van der Waals surface area contributed by atoms with Gasteiger partial charge in [-0.15, -0.1) is 0 Å². The van der Waals surface area contributed by atoms with Crippen molar-refractivity contribution in [2.75, 3.05) is 49.6 Å². The molecule has 0 amide bonds. The molecule has 4 heteroatoms. The molecule has 1 aromatic rings. The van der Waals surface area contributed by atoms with Gasteiger partial charge in [0.05, 0.1) is 24.6 Å². The third kappa shape index (κ3) is 3.62. The molecule has 1 aliphatic heterocycles. The highest BCUT2D eigenvalue weighted by Crippen LogP contribution is 2.26. The monoisotopic (exact) mass is 249 g/mol. The molecular weight excluding hydrogens is 226 g/mol. The topological polar surface area (TPSA) is 50.5 Å². The first-order valence-corrected chi connectivity index (χ1v) is 6.77. The summed E-state index contributed by atoms with van der Waals surface area (Å²) in [6.07, 6.45) is 2.20. The largest absolute Gasteiger partial charge is 0.383 e. The normalized spacial score (nSPS) is 15.7. The Balaban J connectivity index is 1.96. The van der Waals surface area contributed by atoms with Gasteiger partial charge in [0.2, 0.25) is 0 Å². The second-order valence-corrected chi connectivity index (χ2v) is 4.54. The summed E-state index contributed by atoms with van der Waals surface area (Å²) < 4.78 is 5.40. The van der Waals surface area contributed by atoms with Crippen LogP contribution in [0.5, 0.6) is 0 Å². The minimum Gasteiger partial charge on any atom is -0.383 e. The van der Waals surface area contributed by atoms with Gasteiger partial charge in [0.25, 0.3) is 0 Å². The van der Waals surface area contributed by atoms with Crippen LogP contribution in [-0.4, -0.2) is 39.4 Å². The van der Waals surface area contributed by atoms with Crippen LogP contribution in [0.4, 0.5) is 11.4 Å². The van der Waals surface area contributed by atoms with Crippen molar-refractivity contribution in [3.8, 4) is 0 Å². The predicted molar refractivity (Wildman–Crippen MR) is 76.3 cm³/mol. The van der Waals surface area contributed by atoms with Gasteiger partial charge in [0.15, 0.2) is 0 Å². The molecule has 100 valence electrons. The van der Waals surface area contributed by atoms with Crippen LogP contribution in [0.2, 0.25) is 0 Å². The minimum atomic E-state index is 0.771. The van der Waals surface area contributed by atoms with Gasteiger partial charge in [0, 0.05) is 19.6 Å². The second kappa shape index (κ2) is 7.24. The van der Waals surface area contributed by atoms with Crippen LogP contribution >= 0.6 is 0 Å². The molecular formula is C14H23N3O. The lowest BCUT2D eigenvalue weighted by atomic mass is 10.2. The van der Waals surface area contributed by atoms with Crippen molar-refractivity contribution in [3.05, 3.63) is 24.3 Å². The molecule has 0 aliphatic carbocycles. The number of para-hydroxylation sites is 2. The number of nitrogens with two attached hydrogens (primary N) is 1. The summed E-state index contributed by atoms with van der Waals surface area (Å²) in [4.78, 5) is 2.38. The second-order valence-electron chi connectivity index (χ2n) is 4.54. The molecule has 0 unspecified atom stereocenters. The zero-order chi connectivity index (χ0) is 12.6. The van der Waals surface area contributed by atoms with E-state index in [1.54, 1.807) is 0 Å². The minimum absolute atomic E-state index is 0.771. The van der Waals surface area contributed by atoms with Crippen molar-refractivity contribution < 1.29 is 4.74 Å². The van der Waals surface area contributed by atoms with E-state index in [2.05, 4.69) is 34.5 Å². The molecule has 0 bridgehead atoms. The van der Waals surface area contributed by atoms with Crippen LogP contribution in [0.15, 0.2) is 24.3 Å². The number of nitrogens with zero attached hydrogens (tertiary/aromatic N) is 1. The number of benzene rings is 1. The fraction of sp³-hybridized carbons (Fsp3) is 0.571. The Labute approximate surface area is 109 Å². The van der Waals surface area contributed by atoms with Gasteiger partial charge >= 0.3 is 0 Å². The Morgan fingerprint density at radius 2 is 1.94 bits per heavy atom. The highest BCUT2D eigenvalue weighted by atomic mass is 16.5. The van der Waals surface area contributed by atoms with Crippen molar-refractivity contribution in [3.63, 3.8) is 0 Å². The molecule has 1 fully saturated rings. The van der Waals surface area contributed by atoms with Gasteiger partial charge in [-0.05, 0) is 31.5 Å². The first-order chi connectivity index (χ1) is 8.92. The van der Waals surface area contributed by atoms with E-state index in [4.69, 9.17) is 10.5 Å². The molecule has 1 heterocycles.